The van der Waals surface area contributed by atoms with Gasteiger partial charge in [-0.05, 0) is 101 Å². The van der Waals surface area contributed by atoms with Gasteiger partial charge in [-0.2, -0.15) is 0 Å². The fraction of sp³-hybridized carbons (Fsp3) is 0.517. The van der Waals surface area contributed by atoms with Crippen molar-refractivity contribution in [2.75, 3.05) is 6.54 Å². The lowest BCUT2D eigenvalue weighted by Gasteiger charge is -2.30. The van der Waals surface area contributed by atoms with Crippen molar-refractivity contribution in [2.24, 2.45) is 11.3 Å². The average Bonchev–Trinajstić information content (AvgIpc) is 3.55. The molecule has 2 saturated carbocycles. The lowest BCUT2D eigenvalue weighted by Crippen LogP contribution is -2.44. The van der Waals surface area contributed by atoms with Crippen LogP contribution in [0.4, 0.5) is 13.6 Å². The molecule has 210 valence electrons. The number of nitrogens with zero attached hydrogens (tertiary/aromatic N) is 1. The van der Waals surface area contributed by atoms with Crippen molar-refractivity contribution in [1.29, 1.82) is 0 Å². The Labute approximate surface area is 226 Å². The molecule has 2 fully saturated rings. The van der Waals surface area contributed by atoms with Gasteiger partial charge in [-0.25, -0.2) is 18.6 Å². The molecule has 10 heteroatoms. The molecule has 2 aliphatic carbocycles. The fourth-order valence-electron chi connectivity index (χ4n) is 5.30. The number of nitrogens with one attached hydrogen (secondary N) is 2. The van der Waals surface area contributed by atoms with E-state index in [-0.39, 0.29) is 47.6 Å². The van der Waals surface area contributed by atoms with Gasteiger partial charge in [0.05, 0.1) is 11.8 Å². The maximum absolute atomic E-state index is 13.9. The largest absolute Gasteiger partial charge is 0.444 e. The first-order chi connectivity index (χ1) is 18.4. The third-order valence-corrected chi connectivity index (χ3v) is 7.36. The van der Waals surface area contributed by atoms with Gasteiger partial charge in [0.25, 0.3) is 0 Å². The van der Waals surface area contributed by atoms with Crippen LogP contribution in [0.15, 0.2) is 36.5 Å². The lowest BCUT2D eigenvalue weighted by molar-refractivity contribution is -0.121. The molecule has 2 aromatic rings. The number of alkyl carbamates (subject to hydrolysis) is 1. The van der Waals surface area contributed by atoms with Crippen LogP contribution in [0, 0.1) is 23.0 Å². The molecule has 8 nitrogen and oxygen atoms in total. The van der Waals surface area contributed by atoms with Crippen LogP contribution in [0.5, 0.6) is 11.6 Å². The quantitative estimate of drug-likeness (QED) is 0.393. The van der Waals surface area contributed by atoms with Crippen molar-refractivity contribution < 1.29 is 32.6 Å². The topological polar surface area (TPSA) is 107 Å². The van der Waals surface area contributed by atoms with E-state index in [9.17, 15) is 23.2 Å². The van der Waals surface area contributed by atoms with Crippen molar-refractivity contribution in [1.82, 2.24) is 15.6 Å². The highest BCUT2D eigenvalue weighted by molar-refractivity contribution is 5.98. The number of benzene rings is 1. The zero-order valence-electron chi connectivity index (χ0n) is 22.5. The summed E-state index contributed by atoms with van der Waals surface area (Å²) >= 11 is 0. The summed E-state index contributed by atoms with van der Waals surface area (Å²) in [5.41, 5.74) is -0.373. The Bertz CT molecular complexity index is 1200. The number of ether oxygens (including phenoxy) is 2. The standard InChI is InChI=1S/C29H35F2N3O5/c1-28(2,3)39-27(37)33-17-25(36)34-21-10-12-29(13-11-21)15-18(29)4-9-24(35)23-14-20(31)16-32-26(23)38-22-7-5-19(30)6-8-22/h5-8,14,16,18,21H,4,9-13,15,17H2,1-3H3,(H,33,37)(H,34,36). The van der Waals surface area contributed by atoms with Crippen molar-refractivity contribution in [3.05, 3.63) is 53.7 Å². The Morgan fingerprint density at radius 2 is 1.77 bits per heavy atom. The zero-order chi connectivity index (χ0) is 28.2. The van der Waals surface area contributed by atoms with E-state index in [1.165, 1.54) is 24.3 Å². The van der Waals surface area contributed by atoms with E-state index in [2.05, 4.69) is 15.6 Å². The van der Waals surface area contributed by atoms with E-state index in [0.717, 1.165) is 44.4 Å². The van der Waals surface area contributed by atoms with Gasteiger partial charge in [0.2, 0.25) is 11.8 Å². The van der Waals surface area contributed by atoms with Crippen LogP contribution in [-0.4, -0.2) is 41.0 Å². The summed E-state index contributed by atoms with van der Waals surface area (Å²) in [6.07, 6.45) is 5.90. The molecule has 2 amide bonds. The Hall–Kier alpha value is -3.56. The van der Waals surface area contributed by atoms with E-state index in [1.807, 2.05) is 0 Å². The summed E-state index contributed by atoms with van der Waals surface area (Å²) in [7, 11) is 0. The smallest absolute Gasteiger partial charge is 0.408 e. The van der Waals surface area contributed by atoms with E-state index in [4.69, 9.17) is 9.47 Å². The second kappa shape index (κ2) is 11.7. The molecule has 39 heavy (non-hydrogen) atoms. The van der Waals surface area contributed by atoms with Crippen molar-refractivity contribution in [2.45, 2.75) is 77.4 Å². The van der Waals surface area contributed by atoms with Gasteiger partial charge in [0.15, 0.2) is 5.78 Å². The summed E-state index contributed by atoms with van der Waals surface area (Å²) in [4.78, 5) is 40.9. The molecule has 0 radical (unpaired) electrons. The summed E-state index contributed by atoms with van der Waals surface area (Å²) < 4.78 is 37.9. The van der Waals surface area contributed by atoms with Crippen LogP contribution in [0.1, 0.15) is 76.1 Å². The summed E-state index contributed by atoms with van der Waals surface area (Å²) in [5.74, 6) is -0.854. The number of aromatic nitrogens is 1. The Balaban J connectivity index is 1.22. The maximum Gasteiger partial charge on any atom is 0.408 e. The molecule has 0 saturated heterocycles. The lowest BCUT2D eigenvalue weighted by atomic mass is 9.81. The number of Topliss-reactive ketones (excluding diaryl/α,β-unsaturated/α-hetero) is 1. The fourth-order valence-corrected chi connectivity index (χ4v) is 5.30. The predicted octanol–water partition coefficient (Wildman–Crippen LogP) is 5.70. The maximum atomic E-state index is 13.9. The van der Waals surface area contributed by atoms with Gasteiger partial charge in [-0.15, -0.1) is 0 Å². The molecule has 0 bridgehead atoms. The molecule has 1 aromatic carbocycles. The van der Waals surface area contributed by atoms with Gasteiger partial charge in [0, 0.05) is 12.5 Å². The Morgan fingerprint density at radius 3 is 2.44 bits per heavy atom. The highest BCUT2D eigenvalue weighted by Crippen LogP contribution is 2.63. The van der Waals surface area contributed by atoms with E-state index in [1.54, 1.807) is 20.8 Å². The van der Waals surface area contributed by atoms with Crippen LogP contribution in [0.25, 0.3) is 0 Å². The number of hydrogen-bond donors (Lipinski definition) is 2. The molecule has 0 aliphatic heterocycles. The third-order valence-electron chi connectivity index (χ3n) is 7.36. The van der Waals surface area contributed by atoms with Crippen LogP contribution in [-0.2, 0) is 9.53 Å². The minimum Gasteiger partial charge on any atom is -0.444 e. The molecule has 1 spiro atoms. The second-order valence-electron chi connectivity index (χ2n) is 11.5. The van der Waals surface area contributed by atoms with Crippen molar-refractivity contribution >= 4 is 17.8 Å². The minimum atomic E-state index is -0.630. The van der Waals surface area contributed by atoms with Crippen LogP contribution in [0.3, 0.4) is 0 Å². The number of amides is 2. The van der Waals surface area contributed by atoms with Crippen LogP contribution < -0.4 is 15.4 Å². The monoisotopic (exact) mass is 543 g/mol. The number of rotatable bonds is 9. The molecule has 1 heterocycles. The minimum absolute atomic E-state index is 0.00377. The highest BCUT2D eigenvalue weighted by atomic mass is 19.1. The molecule has 1 unspecified atom stereocenters. The summed E-state index contributed by atoms with van der Waals surface area (Å²) in [6, 6.07) is 6.47. The van der Waals surface area contributed by atoms with Crippen molar-refractivity contribution in [3.8, 4) is 11.6 Å². The average molecular weight is 544 g/mol. The van der Waals surface area contributed by atoms with Gasteiger partial charge in [-0.3, -0.25) is 9.59 Å². The van der Waals surface area contributed by atoms with Gasteiger partial charge in [0.1, 0.15) is 29.5 Å². The van der Waals surface area contributed by atoms with Gasteiger partial charge < -0.3 is 20.1 Å². The number of carbonyl (C=O) groups is 3. The highest BCUT2D eigenvalue weighted by Gasteiger charge is 2.54. The predicted molar refractivity (Wildman–Crippen MR) is 139 cm³/mol. The number of hydrogen-bond acceptors (Lipinski definition) is 6. The molecule has 2 aliphatic rings. The molecule has 1 atom stereocenters. The second-order valence-corrected chi connectivity index (χ2v) is 11.5. The van der Waals surface area contributed by atoms with E-state index >= 15 is 0 Å². The van der Waals surface area contributed by atoms with Gasteiger partial charge >= 0.3 is 6.09 Å². The molecule has 4 rings (SSSR count). The number of carbonyl (C=O) groups excluding carboxylic acids is 3. The zero-order valence-corrected chi connectivity index (χ0v) is 22.5. The molecule has 1 aromatic heterocycles. The summed E-state index contributed by atoms with van der Waals surface area (Å²) in [6.45, 7) is 5.13. The molecular formula is C29H35F2N3O5. The first-order valence-electron chi connectivity index (χ1n) is 13.3. The Morgan fingerprint density at radius 1 is 1.08 bits per heavy atom. The van der Waals surface area contributed by atoms with E-state index in [0.29, 0.717) is 18.1 Å². The van der Waals surface area contributed by atoms with Crippen molar-refractivity contribution in [3.63, 3.8) is 0 Å². The number of pyridine rings is 1. The normalized spacial score (nSPS) is 22.2. The molecular weight excluding hydrogens is 508 g/mol. The number of ketones is 1. The first-order valence-corrected chi connectivity index (χ1v) is 13.3. The molecule has 2 N–H and O–H groups in total. The SMILES string of the molecule is CC(C)(C)OC(=O)NCC(=O)NC1CCC2(CC1)CC2CCC(=O)c1cc(F)cnc1Oc1ccc(F)cc1. The summed E-state index contributed by atoms with van der Waals surface area (Å²) in [5, 5.41) is 5.45. The Kier molecular flexibility index (Phi) is 8.51. The third kappa shape index (κ3) is 7.97. The van der Waals surface area contributed by atoms with Crippen LogP contribution >= 0.6 is 0 Å². The number of halogens is 2. The first kappa shape index (κ1) is 28.4. The van der Waals surface area contributed by atoms with Crippen LogP contribution in [0.2, 0.25) is 0 Å². The van der Waals surface area contributed by atoms with Gasteiger partial charge in [-0.1, -0.05) is 0 Å². The van der Waals surface area contributed by atoms with E-state index < -0.39 is 23.3 Å².